The molecule has 1 aliphatic heterocycles. The standard InChI is InChI=1S/C27H37N3O6S/c1-5-23(27(32)28-17-20(3)4)29(15-14-21-10-8-7-9-11-21)26(31)18-30(37(33,34)6-2)22-12-13-24-25(16-22)36-19-35-24/h7-13,16,20,23H,5-6,14-15,17-19H2,1-4H3,(H,28,32). The van der Waals surface area contributed by atoms with E-state index in [0.717, 1.165) is 9.87 Å². The predicted octanol–water partition coefficient (Wildman–Crippen LogP) is 3.19. The summed E-state index contributed by atoms with van der Waals surface area (Å²) in [6.45, 7) is 7.76. The van der Waals surface area contributed by atoms with Gasteiger partial charge >= 0.3 is 0 Å². The third-order valence-electron chi connectivity index (χ3n) is 6.18. The van der Waals surface area contributed by atoms with Crippen LogP contribution in [0.25, 0.3) is 0 Å². The van der Waals surface area contributed by atoms with E-state index in [0.29, 0.717) is 36.6 Å². The van der Waals surface area contributed by atoms with E-state index in [4.69, 9.17) is 9.47 Å². The Morgan fingerprint density at radius 2 is 1.73 bits per heavy atom. The number of nitrogens with one attached hydrogen (secondary N) is 1. The van der Waals surface area contributed by atoms with Crippen molar-refractivity contribution in [3.05, 3.63) is 54.1 Å². The first-order chi connectivity index (χ1) is 17.7. The minimum atomic E-state index is -3.81. The Morgan fingerprint density at radius 1 is 1.03 bits per heavy atom. The van der Waals surface area contributed by atoms with Crippen LogP contribution in [0.15, 0.2) is 48.5 Å². The number of anilines is 1. The third-order valence-corrected chi connectivity index (χ3v) is 7.92. The number of rotatable bonds is 13. The number of carbonyl (C=O) groups excluding carboxylic acids is 2. The molecule has 9 nitrogen and oxygen atoms in total. The van der Waals surface area contributed by atoms with Gasteiger partial charge in [-0.3, -0.25) is 13.9 Å². The highest BCUT2D eigenvalue weighted by atomic mass is 32.2. The Morgan fingerprint density at radius 3 is 2.38 bits per heavy atom. The van der Waals surface area contributed by atoms with Gasteiger partial charge in [0.15, 0.2) is 11.5 Å². The second-order valence-electron chi connectivity index (χ2n) is 9.33. The average molecular weight is 532 g/mol. The zero-order chi connectivity index (χ0) is 27.0. The van der Waals surface area contributed by atoms with Crippen LogP contribution in [0.4, 0.5) is 5.69 Å². The molecule has 37 heavy (non-hydrogen) atoms. The van der Waals surface area contributed by atoms with Gasteiger partial charge in [0.2, 0.25) is 28.6 Å². The van der Waals surface area contributed by atoms with Gasteiger partial charge in [-0.15, -0.1) is 0 Å². The lowest BCUT2D eigenvalue weighted by Crippen LogP contribution is -2.53. The van der Waals surface area contributed by atoms with Gasteiger partial charge in [0.1, 0.15) is 12.6 Å². The van der Waals surface area contributed by atoms with Gasteiger partial charge < -0.3 is 19.7 Å². The smallest absolute Gasteiger partial charge is 0.244 e. The molecule has 3 rings (SSSR count). The number of carbonyl (C=O) groups is 2. The van der Waals surface area contributed by atoms with Crippen LogP contribution in [-0.4, -0.2) is 63.4 Å². The number of sulfonamides is 1. The Hall–Kier alpha value is -3.27. The van der Waals surface area contributed by atoms with Crippen molar-refractivity contribution in [2.45, 2.75) is 46.6 Å². The summed E-state index contributed by atoms with van der Waals surface area (Å²) in [4.78, 5) is 28.4. The van der Waals surface area contributed by atoms with Gasteiger partial charge in [0, 0.05) is 19.2 Å². The molecule has 202 valence electrons. The fourth-order valence-corrected chi connectivity index (χ4v) is 5.13. The second-order valence-corrected chi connectivity index (χ2v) is 11.5. The SMILES string of the molecule is CCC(C(=O)NCC(C)C)N(CCc1ccccc1)C(=O)CN(c1ccc2c(c1)OCO2)S(=O)(=O)CC. The summed E-state index contributed by atoms with van der Waals surface area (Å²) in [6, 6.07) is 13.7. The molecular formula is C27H37N3O6S. The van der Waals surface area contributed by atoms with E-state index in [2.05, 4.69) is 5.32 Å². The fraction of sp³-hybridized carbons (Fsp3) is 0.481. The molecule has 2 aromatic carbocycles. The van der Waals surface area contributed by atoms with E-state index in [1.54, 1.807) is 18.2 Å². The van der Waals surface area contributed by atoms with Crippen LogP contribution in [0.1, 0.15) is 39.7 Å². The number of ether oxygens (including phenoxy) is 2. The minimum Gasteiger partial charge on any atom is -0.454 e. The summed E-state index contributed by atoms with van der Waals surface area (Å²) in [5.74, 6) is 0.307. The van der Waals surface area contributed by atoms with Crippen LogP contribution >= 0.6 is 0 Å². The Bertz CT molecular complexity index is 1170. The first kappa shape index (κ1) is 28.3. The van der Waals surface area contributed by atoms with Crippen molar-refractivity contribution in [1.82, 2.24) is 10.2 Å². The molecule has 0 spiro atoms. The van der Waals surface area contributed by atoms with E-state index in [1.807, 2.05) is 51.1 Å². The van der Waals surface area contributed by atoms with Gasteiger partial charge in [0.05, 0.1) is 11.4 Å². The first-order valence-corrected chi connectivity index (χ1v) is 14.3. The lowest BCUT2D eigenvalue weighted by Gasteiger charge is -2.33. The maximum Gasteiger partial charge on any atom is 0.244 e. The summed E-state index contributed by atoms with van der Waals surface area (Å²) in [5.41, 5.74) is 1.33. The number of nitrogens with zero attached hydrogens (tertiary/aromatic N) is 2. The van der Waals surface area contributed by atoms with Crippen molar-refractivity contribution in [3.8, 4) is 11.5 Å². The molecule has 0 saturated heterocycles. The highest BCUT2D eigenvalue weighted by molar-refractivity contribution is 7.92. The van der Waals surface area contributed by atoms with Crippen LogP contribution in [0.3, 0.4) is 0 Å². The Balaban J connectivity index is 1.90. The Labute approximate surface area is 219 Å². The zero-order valence-corrected chi connectivity index (χ0v) is 22.8. The highest BCUT2D eigenvalue weighted by Gasteiger charge is 2.32. The summed E-state index contributed by atoms with van der Waals surface area (Å²) >= 11 is 0. The van der Waals surface area contributed by atoms with Gasteiger partial charge in [-0.05, 0) is 43.4 Å². The average Bonchev–Trinajstić information content (AvgIpc) is 3.36. The molecule has 1 aliphatic rings. The predicted molar refractivity (Wildman–Crippen MR) is 143 cm³/mol. The second kappa shape index (κ2) is 12.8. The summed E-state index contributed by atoms with van der Waals surface area (Å²) in [5, 5.41) is 2.93. The van der Waals surface area contributed by atoms with E-state index in [9.17, 15) is 18.0 Å². The minimum absolute atomic E-state index is 0.0508. The monoisotopic (exact) mass is 531 g/mol. The van der Waals surface area contributed by atoms with Crippen LogP contribution in [0.5, 0.6) is 11.5 Å². The van der Waals surface area contributed by atoms with Crippen molar-refractivity contribution in [2.24, 2.45) is 5.92 Å². The molecule has 0 aromatic heterocycles. The van der Waals surface area contributed by atoms with Gasteiger partial charge in [0.25, 0.3) is 0 Å². The number of hydrogen-bond donors (Lipinski definition) is 1. The molecule has 0 saturated carbocycles. The summed E-state index contributed by atoms with van der Waals surface area (Å²) in [6.07, 6.45) is 0.931. The molecule has 2 amide bonds. The maximum atomic E-state index is 13.8. The van der Waals surface area contributed by atoms with Crippen LogP contribution in [0, 0.1) is 5.92 Å². The maximum absolute atomic E-state index is 13.8. The van der Waals surface area contributed by atoms with Gasteiger partial charge in [-0.25, -0.2) is 8.42 Å². The summed E-state index contributed by atoms with van der Waals surface area (Å²) in [7, 11) is -3.81. The molecule has 10 heteroatoms. The van der Waals surface area contributed by atoms with E-state index >= 15 is 0 Å². The molecule has 1 N–H and O–H groups in total. The van der Waals surface area contributed by atoms with E-state index in [1.165, 1.54) is 11.8 Å². The first-order valence-electron chi connectivity index (χ1n) is 12.7. The molecule has 0 radical (unpaired) electrons. The quantitative estimate of drug-likeness (QED) is 0.426. The molecule has 1 unspecified atom stereocenters. The van der Waals surface area contributed by atoms with E-state index < -0.39 is 28.5 Å². The van der Waals surface area contributed by atoms with Crippen molar-refractivity contribution in [2.75, 3.05) is 36.5 Å². The lowest BCUT2D eigenvalue weighted by atomic mass is 10.1. The topological polar surface area (TPSA) is 105 Å². The van der Waals surface area contributed by atoms with Gasteiger partial charge in [-0.2, -0.15) is 0 Å². The largest absolute Gasteiger partial charge is 0.454 e. The number of hydrogen-bond acceptors (Lipinski definition) is 6. The molecule has 0 aliphatic carbocycles. The van der Waals surface area contributed by atoms with Crippen molar-refractivity contribution >= 4 is 27.5 Å². The van der Waals surface area contributed by atoms with Crippen LogP contribution < -0.4 is 19.1 Å². The molecule has 1 heterocycles. The number of fused-ring (bicyclic) bond motifs is 1. The van der Waals surface area contributed by atoms with Crippen LogP contribution in [-0.2, 0) is 26.0 Å². The molecule has 0 fully saturated rings. The summed E-state index contributed by atoms with van der Waals surface area (Å²) < 4.78 is 38.0. The molecule has 0 bridgehead atoms. The van der Waals surface area contributed by atoms with Crippen molar-refractivity contribution < 1.29 is 27.5 Å². The zero-order valence-electron chi connectivity index (χ0n) is 22.0. The molecule has 2 aromatic rings. The van der Waals surface area contributed by atoms with Gasteiger partial charge in [-0.1, -0.05) is 51.1 Å². The highest BCUT2D eigenvalue weighted by Crippen LogP contribution is 2.36. The lowest BCUT2D eigenvalue weighted by molar-refractivity contribution is -0.139. The van der Waals surface area contributed by atoms with Crippen molar-refractivity contribution in [3.63, 3.8) is 0 Å². The number of amides is 2. The third kappa shape index (κ3) is 7.38. The van der Waals surface area contributed by atoms with Crippen molar-refractivity contribution in [1.29, 1.82) is 0 Å². The molecular weight excluding hydrogens is 494 g/mol. The van der Waals surface area contributed by atoms with Crippen LogP contribution in [0.2, 0.25) is 0 Å². The molecule has 1 atom stereocenters. The fourth-order valence-electron chi connectivity index (χ4n) is 4.08. The number of benzene rings is 2. The normalized spacial score (nSPS) is 13.3. The Kier molecular flexibility index (Phi) is 9.79. The van der Waals surface area contributed by atoms with E-state index in [-0.39, 0.29) is 30.9 Å².